The van der Waals surface area contributed by atoms with Crippen LogP contribution in [0.15, 0.2) is 82.2 Å². The quantitative estimate of drug-likeness (QED) is 0.409. The van der Waals surface area contributed by atoms with Crippen molar-refractivity contribution in [3.63, 3.8) is 0 Å². The van der Waals surface area contributed by atoms with E-state index in [0.717, 1.165) is 27.8 Å². The van der Waals surface area contributed by atoms with Crippen molar-refractivity contribution in [3.8, 4) is 22.3 Å². The summed E-state index contributed by atoms with van der Waals surface area (Å²) in [7, 11) is -3.93. The number of anilines is 1. The van der Waals surface area contributed by atoms with Gasteiger partial charge in [0.1, 0.15) is 10.7 Å². The van der Waals surface area contributed by atoms with E-state index in [0.29, 0.717) is 5.69 Å². The molecule has 0 saturated carbocycles. The van der Waals surface area contributed by atoms with Crippen LogP contribution in [0.2, 0.25) is 5.02 Å². The van der Waals surface area contributed by atoms with Gasteiger partial charge in [0.25, 0.3) is 15.9 Å². The Bertz CT molecular complexity index is 1300. The van der Waals surface area contributed by atoms with Crippen LogP contribution in [0.3, 0.4) is 0 Å². The van der Waals surface area contributed by atoms with E-state index in [1.54, 1.807) is 19.1 Å². The van der Waals surface area contributed by atoms with E-state index in [-0.39, 0.29) is 15.8 Å². The van der Waals surface area contributed by atoms with Gasteiger partial charge in [0.15, 0.2) is 0 Å². The van der Waals surface area contributed by atoms with Gasteiger partial charge in [0.05, 0.1) is 4.90 Å². The minimum atomic E-state index is -3.93. The summed E-state index contributed by atoms with van der Waals surface area (Å²) in [6, 6.07) is 22.8. The molecule has 152 valence electrons. The maximum absolute atomic E-state index is 13.0. The topological polar surface area (TPSA) is 72.2 Å². The van der Waals surface area contributed by atoms with Gasteiger partial charge in [-0.25, -0.2) is 13.1 Å². The summed E-state index contributed by atoms with van der Waals surface area (Å²) in [6.07, 6.45) is 0. The number of aromatic nitrogens is 1. The third-order valence-electron chi connectivity index (χ3n) is 4.77. The van der Waals surface area contributed by atoms with Crippen molar-refractivity contribution in [2.45, 2.75) is 18.7 Å². The molecular weight excluding hydrogens is 420 g/mol. The molecule has 0 bridgehead atoms. The fourth-order valence-corrected chi connectivity index (χ4v) is 4.33. The molecule has 1 N–H and O–H groups in total. The van der Waals surface area contributed by atoms with E-state index < -0.39 is 10.0 Å². The third-order valence-corrected chi connectivity index (χ3v) is 6.54. The molecule has 4 rings (SSSR count). The Morgan fingerprint density at radius 2 is 1.53 bits per heavy atom. The Kier molecular flexibility index (Phi) is 5.37. The average Bonchev–Trinajstić information content (AvgIpc) is 3.06. The Balaban J connectivity index is 1.82. The number of hydrogen-bond acceptors (Lipinski definition) is 4. The molecule has 1 aromatic heterocycles. The molecule has 0 fully saturated rings. The molecule has 30 heavy (non-hydrogen) atoms. The van der Waals surface area contributed by atoms with Crippen LogP contribution in [0, 0.1) is 13.8 Å². The summed E-state index contributed by atoms with van der Waals surface area (Å²) in [4.78, 5) is 0.0994. The fourth-order valence-electron chi connectivity index (χ4n) is 3.13. The van der Waals surface area contributed by atoms with Crippen LogP contribution >= 0.6 is 11.6 Å². The van der Waals surface area contributed by atoms with Crippen LogP contribution in [-0.2, 0) is 10.0 Å². The first-order valence-corrected chi connectivity index (χ1v) is 11.1. The Hall–Kier alpha value is -3.09. The second kappa shape index (κ2) is 7.97. The molecule has 0 unspecified atom stereocenters. The second-order valence-electron chi connectivity index (χ2n) is 6.96. The normalized spacial score (nSPS) is 11.4. The molecule has 3 aromatic carbocycles. The summed E-state index contributed by atoms with van der Waals surface area (Å²) in [5, 5.41) is 3.82. The maximum Gasteiger partial charge on any atom is 0.264 e. The highest BCUT2D eigenvalue weighted by molar-refractivity contribution is 7.92. The van der Waals surface area contributed by atoms with Gasteiger partial charge in [-0.15, -0.1) is 0 Å². The number of rotatable bonds is 5. The fraction of sp³-hybridized carbons (Fsp3) is 0.0870. The predicted octanol–water partition coefficient (Wildman–Crippen LogP) is 6.08. The largest absolute Gasteiger partial charge is 0.336 e. The zero-order valence-corrected chi connectivity index (χ0v) is 18.0. The first kappa shape index (κ1) is 20.2. The lowest BCUT2D eigenvalue weighted by Gasteiger charge is -2.14. The van der Waals surface area contributed by atoms with Crippen molar-refractivity contribution in [2.24, 2.45) is 0 Å². The maximum atomic E-state index is 13.0. The molecular formula is C23H19ClN2O3S. The second-order valence-corrected chi connectivity index (χ2v) is 9.02. The third kappa shape index (κ3) is 3.97. The standard InChI is InChI=1S/C23H19ClN2O3S/c1-15-8-10-18(11-9-15)20-13-12-19(14-21(20)17-6-4-3-5-7-17)30(27,28)26-23-22(24)16(2)25-29-23/h3-14,26H,1-2H3. The molecule has 1 heterocycles. The van der Waals surface area contributed by atoms with Gasteiger partial charge in [-0.1, -0.05) is 83.0 Å². The summed E-state index contributed by atoms with van der Waals surface area (Å²) in [5.41, 5.74) is 5.23. The van der Waals surface area contributed by atoms with Gasteiger partial charge in [0.2, 0.25) is 0 Å². The molecule has 0 aliphatic carbocycles. The number of hydrogen-bond donors (Lipinski definition) is 1. The molecule has 0 spiro atoms. The van der Waals surface area contributed by atoms with E-state index in [1.165, 1.54) is 0 Å². The number of aryl methyl sites for hydroxylation is 2. The molecule has 7 heteroatoms. The minimum absolute atomic E-state index is 0.0990. The van der Waals surface area contributed by atoms with Crippen LogP contribution in [-0.4, -0.2) is 13.6 Å². The summed E-state index contributed by atoms with van der Waals surface area (Å²) in [5.74, 6) is -0.0990. The van der Waals surface area contributed by atoms with Crippen molar-refractivity contribution in [1.82, 2.24) is 5.16 Å². The summed E-state index contributed by atoms with van der Waals surface area (Å²) < 4.78 is 33.3. The van der Waals surface area contributed by atoms with Crippen LogP contribution in [0.5, 0.6) is 0 Å². The van der Waals surface area contributed by atoms with Gasteiger partial charge >= 0.3 is 0 Å². The zero-order valence-electron chi connectivity index (χ0n) is 16.4. The average molecular weight is 439 g/mol. The van der Waals surface area contributed by atoms with Gasteiger partial charge in [-0.05, 0) is 48.2 Å². The van der Waals surface area contributed by atoms with Crippen molar-refractivity contribution in [2.75, 3.05) is 4.72 Å². The predicted molar refractivity (Wildman–Crippen MR) is 119 cm³/mol. The molecule has 0 saturated heterocycles. The molecule has 5 nitrogen and oxygen atoms in total. The SMILES string of the molecule is Cc1ccc(-c2ccc(S(=O)(=O)Nc3onc(C)c3Cl)cc2-c2ccccc2)cc1. The zero-order chi connectivity index (χ0) is 21.3. The van der Waals surface area contributed by atoms with Crippen molar-refractivity contribution < 1.29 is 12.9 Å². The van der Waals surface area contributed by atoms with Crippen LogP contribution < -0.4 is 4.72 Å². The molecule has 0 radical (unpaired) electrons. The molecule has 0 amide bonds. The Labute approximate surface area is 180 Å². The number of halogens is 1. The smallest absolute Gasteiger partial charge is 0.264 e. The van der Waals surface area contributed by atoms with E-state index in [2.05, 4.69) is 9.88 Å². The lowest BCUT2D eigenvalue weighted by atomic mass is 9.94. The Morgan fingerprint density at radius 3 is 2.17 bits per heavy atom. The van der Waals surface area contributed by atoms with Gasteiger partial charge < -0.3 is 4.52 Å². The van der Waals surface area contributed by atoms with E-state index >= 15 is 0 Å². The molecule has 4 aromatic rings. The van der Waals surface area contributed by atoms with Crippen LogP contribution in [0.25, 0.3) is 22.3 Å². The molecule has 0 aliphatic heterocycles. The van der Waals surface area contributed by atoms with E-state index in [1.807, 2.05) is 67.6 Å². The van der Waals surface area contributed by atoms with Crippen LogP contribution in [0.4, 0.5) is 5.88 Å². The minimum Gasteiger partial charge on any atom is -0.336 e. The van der Waals surface area contributed by atoms with E-state index in [4.69, 9.17) is 16.1 Å². The first-order chi connectivity index (χ1) is 14.3. The summed E-state index contributed by atoms with van der Waals surface area (Å²) >= 11 is 6.06. The van der Waals surface area contributed by atoms with Crippen molar-refractivity contribution >= 4 is 27.5 Å². The lowest BCUT2D eigenvalue weighted by Crippen LogP contribution is -2.13. The lowest BCUT2D eigenvalue weighted by molar-refractivity contribution is 0.430. The number of sulfonamides is 1. The number of nitrogens with one attached hydrogen (secondary N) is 1. The van der Waals surface area contributed by atoms with Gasteiger partial charge in [0, 0.05) is 0 Å². The van der Waals surface area contributed by atoms with Crippen molar-refractivity contribution in [3.05, 3.63) is 89.1 Å². The Morgan fingerprint density at radius 1 is 0.867 bits per heavy atom. The highest BCUT2D eigenvalue weighted by Crippen LogP contribution is 2.35. The van der Waals surface area contributed by atoms with Crippen molar-refractivity contribution in [1.29, 1.82) is 0 Å². The van der Waals surface area contributed by atoms with Gasteiger partial charge in [-0.2, -0.15) is 0 Å². The number of benzene rings is 3. The molecule has 0 aliphatic rings. The van der Waals surface area contributed by atoms with Crippen LogP contribution in [0.1, 0.15) is 11.3 Å². The van der Waals surface area contributed by atoms with Gasteiger partial charge in [-0.3, -0.25) is 0 Å². The number of nitrogens with zero attached hydrogens (tertiary/aromatic N) is 1. The first-order valence-electron chi connectivity index (χ1n) is 9.26. The highest BCUT2D eigenvalue weighted by Gasteiger charge is 2.22. The van der Waals surface area contributed by atoms with E-state index in [9.17, 15) is 8.42 Å². The molecule has 0 atom stereocenters. The highest BCUT2D eigenvalue weighted by atomic mass is 35.5. The monoisotopic (exact) mass is 438 g/mol. The summed E-state index contributed by atoms with van der Waals surface area (Å²) in [6.45, 7) is 3.66.